The second-order valence-corrected chi connectivity index (χ2v) is 14.0. The zero-order valence-electron chi connectivity index (χ0n) is 34.1. The summed E-state index contributed by atoms with van der Waals surface area (Å²) < 4.78 is 26.4. The van der Waals surface area contributed by atoms with Gasteiger partial charge in [0, 0.05) is 24.5 Å². The highest BCUT2D eigenvalue weighted by Gasteiger charge is 2.80. The zero-order chi connectivity index (χ0) is 45.1. The van der Waals surface area contributed by atoms with E-state index >= 15 is 0 Å². The molecule has 0 aromatic heterocycles. The van der Waals surface area contributed by atoms with Crippen LogP contribution in [0.4, 0.5) is 8.78 Å². The van der Waals surface area contributed by atoms with Crippen LogP contribution in [-0.4, -0.2) is 148 Å². The molecule has 1 aromatic rings. The van der Waals surface area contributed by atoms with E-state index in [1.54, 1.807) is 0 Å². The summed E-state index contributed by atoms with van der Waals surface area (Å²) >= 11 is 0. The van der Waals surface area contributed by atoms with Gasteiger partial charge in [0.25, 0.3) is 11.8 Å². The van der Waals surface area contributed by atoms with E-state index in [9.17, 15) is 23.8 Å². The lowest BCUT2D eigenvalue weighted by molar-refractivity contribution is -0.500. The summed E-state index contributed by atoms with van der Waals surface area (Å²) in [6.45, 7) is 16.7. The second-order valence-electron chi connectivity index (χ2n) is 14.0. The van der Waals surface area contributed by atoms with Gasteiger partial charge in [0.2, 0.25) is 17.5 Å². The quantitative estimate of drug-likeness (QED) is 0.0548. The Morgan fingerprint density at radius 1 is 0.964 bits per heavy atom. The van der Waals surface area contributed by atoms with Crippen LogP contribution in [0.1, 0.15) is 72.8 Å². The molecule has 5 unspecified atom stereocenters. The van der Waals surface area contributed by atoms with Crippen molar-refractivity contribution in [2.45, 2.75) is 127 Å². The Morgan fingerprint density at radius 2 is 1.45 bits per heavy atom. The number of alkyl halides is 2. The van der Waals surface area contributed by atoms with Crippen molar-refractivity contribution in [1.29, 1.82) is 0 Å². The van der Waals surface area contributed by atoms with Crippen LogP contribution in [0.3, 0.4) is 0 Å². The number of carbonyl (C=O) groups excluding carboxylic acids is 1. The van der Waals surface area contributed by atoms with Gasteiger partial charge in [-0.1, -0.05) is 64.6 Å². The molecule has 0 radical (unpaired) electrons. The molecule has 1 aliphatic rings. The Morgan fingerprint density at radius 3 is 1.82 bits per heavy atom. The highest BCUT2D eigenvalue weighted by molar-refractivity contribution is 5.78. The molecule has 0 heterocycles. The fraction of sp³-hybridized carbons (Fsp3) is 0.711. The fourth-order valence-electron chi connectivity index (χ4n) is 5.78. The van der Waals surface area contributed by atoms with Crippen LogP contribution in [-0.2, 0) is 11.2 Å². The molecule has 0 saturated heterocycles. The number of hydrogen-bond donors (Lipinski definition) is 14. The number of benzene rings is 1. The topological polar surface area (TPSA) is 293 Å². The van der Waals surface area contributed by atoms with Gasteiger partial charge in [0.1, 0.15) is 11.8 Å². The monoisotopic (exact) mass is 812 g/mol. The number of primary amides is 1. The fourth-order valence-corrected chi connectivity index (χ4v) is 5.78. The molecular weight excluding hydrogens is 742 g/mol. The lowest BCUT2D eigenvalue weighted by Gasteiger charge is -2.51. The van der Waals surface area contributed by atoms with Crippen molar-refractivity contribution in [3.05, 3.63) is 48.6 Å². The Kier molecular flexibility index (Phi) is 25.6. The Hall–Kier alpha value is -2.71. The molecule has 5 atom stereocenters. The maximum atomic E-state index is 13.2. The Balaban J connectivity index is -0.000000733. The summed E-state index contributed by atoms with van der Waals surface area (Å²) in [7, 11) is 5.83. The normalized spacial score (nSPS) is 20.1. The minimum atomic E-state index is -5.12. The van der Waals surface area contributed by atoms with Crippen molar-refractivity contribution in [2.24, 2.45) is 23.5 Å². The summed E-state index contributed by atoms with van der Waals surface area (Å²) in [5.74, 6) is -28.6. The van der Waals surface area contributed by atoms with Crippen LogP contribution >= 0.6 is 0 Å². The number of nitrogens with one attached hydrogen (secondary N) is 2. The van der Waals surface area contributed by atoms with Crippen LogP contribution < -0.4 is 16.4 Å². The molecule has 56 heavy (non-hydrogen) atoms. The average Bonchev–Trinajstić information content (AvgIpc) is 3.11. The summed E-state index contributed by atoms with van der Waals surface area (Å²) in [5.41, 5.74) is 6.08. The molecule has 328 valence electrons. The van der Waals surface area contributed by atoms with Gasteiger partial charge >= 0.3 is 5.92 Å². The third-order valence-electron chi connectivity index (χ3n) is 9.21. The van der Waals surface area contributed by atoms with Crippen molar-refractivity contribution < 1.29 is 69.7 Å². The zero-order valence-corrected chi connectivity index (χ0v) is 34.1. The first-order valence-corrected chi connectivity index (χ1v) is 18.2. The highest BCUT2D eigenvalue weighted by atomic mass is 19.3. The second kappa shape index (κ2) is 24.9. The molecule has 15 N–H and O–H groups in total. The first-order chi connectivity index (χ1) is 25.5. The van der Waals surface area contributed by atoms with Crippen LogP contribution in [0.2, 0.25) is 0 Å². The SMILES string of the molecule is C#C.C=CC(O)(O)C(C(C)NC)C(O)(O)O.CC.CNC(C)CC(CC(C)C)N(C)CCCc1ccccc1.NC(=O)C1CC(O)(O)C(F)(F)C(O)(O)C1(O)O. The largest absolute Gasteiger partial charge is 0.369 e. The number of aliphatic hydroxyl groups is 11. The lowest BCUT2D eigenvalue weighted by Crippen LogP contribution is -2.79. The molecule has 1 aromatic carbocycles. The maximum absolute atomic E-state index is 13.2. The summed E-state index contributed by atoms with van der Waals surface area (Å²) in [4.78, 5) is 13.3. The van der Waals surface area contributed by atoms with Crippen LogP contribution in [0.25, 0.3) is 0 Å². The van der Waals surface area contributed by atoms with Crippen molar-refractivity contribution in [3.63, 3.8) is 0 Å². The molecule has 18 heteroatoms. The molecule has 0 aliphatic heterocycles. The highest BCUT2D eigenvalue weighted by Crippen LogP contribution is 2.51. The molecule has 1 fully saturated rings. The number of carbonyl (C=O) groups is 1. The van der Waals surface area contributed by atoms with Gasteiger partial charge in [-0.15, -0.1) is 12.8 Å². The van der Waals surface area contributed by atoms with Crippen LogP contribution in [0.15, 0.2) is 43.0 Å². The molecule has 0 spiro atoms. The molecular formula is C38H70F2N4O12. The standard InChI is InChI=1S/C19H34N2.C8H17NO5.C7H11F2NO7.C2H6.C2H2/c1-16(2)14-19(15-17(3)20-4)21(5)13-9-12-18-10-7-6-8-11-18;1-4-7(10,11)6(5(2)9-3)8(12,13)14;8-6(9)4(12,13)1-2(3(10)11)5(14,15)7(6,16)17;2*1-2/h6-8,10-11,16-17,19-20H,9,12-15H2,1-5H3;4-6,9-14H,1H2,2-3H3;2,12-17H,1H2,(H2,10,11);1-2H3;1-2H. The van der Waals surface area contributed by atoms with Crippen LogP contribution in [0, 0.1) is 30.6 Å². The summed E-state index contributed by atoms with van der Waals surface area (Å²) in [6, 6.07) is 11.3. The van der Waals surface area contributed by atoms with Crippen LogP contribution in [0.5, 0.6) is 0 Å². The number of halogens is 2. The maximum Gasteiger partial charge on any atom is 0.358 e. The molecule has 1 saturated carbocycles. The van der Waals surface area contributed by atoms with E-state index in [1.807, 2.05) is 13.8 Å². The summed E-state index contributed by atoms with van der Waals surface area (Å²) in [5, 5.41) is 106. The predicted octanol–water partition coefficient (Wildman–Crippen LogP) is -0.883. The number of rotatable bonds is 16. The van der Waals surface area contributed by atoms with Gasteiger partial charge in [0.05, 0.1) is 0 Å². The smallest absolute Gasteiger partial charge is 0.358 e. The number of nitrogens with zero attached hydrogens (tertiary/aromatic N) is 1. The first-order valence-electron chi connectivity index (χ1n) is 18.2. The van der Waals surface area contributed by atoms with Gasteiger partial charge in [0.15, 0.2) is 5.79 Å². The summed E-state index contributed by atoms with van der Waals surface area (Å²) in [6.07, 6.45) is 12.1. The van der Waals surface area contributed by atoms with Crippen molar-refractivity contribution in [1.82, 2.24) is 15.5 Å². The Bertz CT molecular complexity index is 1260. The molecule has 16 nitrogen and oxygen atoms in total. The lowest BCUT2D eigenvalue weighted by atomic mass is 9.72. The number of amides is 1. The van der Waals surface area contributed by atoms with Gasteiger partial charge < -0.3 is 77.4 Å². The minimum Gasteiger partial charge on any atom is -0.369 e. The van der Waals surface area contributed by atoms with E-state index in [4.69, 9.17) is 46.0 Å². The van der Waals surface area contributed by atoms with Crippen molar-refractivity contribution >= 4 is 5.91 Å². The van der Waals surface area contributed by atoms with Gasteiger partial charge in [-0.05, 0) is 84.8 Å². The number of terminal acetylenes is 1. The molecule has 1 amide bonds. The third kappa shape index (κ3) is 16.6. The van der Waals surface area contributed by atoms with Gasteiger partial charge in [-0.25, -0.2) is 0 Å². The minimum absolute atomic E-state index is 0.588. The average molecular weight is 813 g/mol. The van der Waals surface area contributed by atoms with E-state index in [1.165, 1.54) is 51.8 Å². The van der Waals surface area contributed by atoms with Crippen molar-refractivity contribution in [3.8, 4) is 12.8 Å². The molecule has 0 bridgehead atoms. The van der Waals surface area contributed by atoms with Gasteiger partial charge in [-0.2, -0.15) is 8.78 Å². The van der Waals surface area contributed by atoms with E-state index in [0.29, 0.717) is 18.2 Å². The molecule has 1 aliphatic carbocycles. The Labute approximate surface area is 330 Å². The molecule has 2 rings (SSSR count). The van der Waals surface area contributed by atoms with E-state index < -0.39 is 65.2 Å². The van der Waals surface area contributed by atoms with E-state index in [2.05, 4.69) is 106 Å². The number of nitrogens with two attached hydrogens (primary N) is 1. The van der Waals surface area contributed by atoms with E-state index in [0.717, 1.165) is 5.92 Å². The number of aryl methyl sites for hydroxylation is 1. The van der Waals surface area contributed by atoms with Crippen molar-refractivity contribution in [2.75, 3.05) is 27.7 Å². The third-order valence-corrected chi connectivity index (χ3v) is 9.21. The number of hydrogen-bond acceptors (Lipinski definition) is 15. The van der Waals surface area contributed by atoms with Gasteiger partial charge in [-0.3, -0.25) is 4.79 Å². The predicted molar refractivity (Wildman–Crippen MR) is 208 cm³/mol. The van der Waals surface area contributed by atoms with E-state index in [-0.39, 0.29) is 0 Å². The first kappa shape index (κ1) is 57.6.